The van der Waals surface area contributed by atoms with Crippen LogP contribution in [0.2, 0.25) is 0 Å². The summed E-state index contributed by atoms with van der Waals surface area (Å²) in [7, 11) is 0. The number of hydrogen-bond donors (Lipinski definition) is 2. The Morgan fingerprint density at radius 1 is 1.26 bits per heavy atom. The van der Waals surface area contributed by atoms with Crippen LogP contribution in [0.1, 0.15) is 24.4 Å². The van der Waals surface area contributed by atoms with Crippen LogP contribution < -0.4 is 10.6 Å². The van der Waals surface area contributed by atoms with E-state index in [1.54, 1.807) is 12.4 Å². The van der Waals surface area contributed by atoms with Crippen molar-refractivity contribution in [2.24, 2.45) is 5.92 Å². The lowest BCUT2D eigenvalue weighted by Gasteiger charge is -2.26. The van der Waals surface area contributed by atoms with E-state index in [9.17, 15) is 4.79 Å². The predicted octanol–water partition coefficient (Wildman–Crippen LogP) is 1.15. The van der Waals surface area contributed by atoms with Crippen molar-refractivity contribution >= 4 is 6.03 Å². The van der Waals surface area contributed by atoms with Gasteiger partial charge in [-0.1, -0.05) is 0 Å². The Kier molecular flexibility index (Phi) is 3.64. The van der Waals surface area contributed by atoms with Crippen LogP contribution in [0.25, 0.3) is 0 Å². The molecule has 0 saturated carbocycles. The molecule has 2 amide bonds. The van der Waals surface area contributed by atoms with Gasteiger partial charge in [-0.05, 0) is 49.5 Å². The van der Waals surface area contributed by atoms with E-state index in [-0.39, 0.29) is 12.1 Å². The Hall–Kier alpha value is -1.62. The molecule has 0 bridgehead atoms. The lowest BCUT2D eigenvalue weighted by molar-refractivity contribution is 0.201. The second-order valence-electron chi connectivity index (χ2n) is 5.38. The third-order valence-corrected chi connectivity index (χ3v) is 4.03. The molecule has 2 fully saturated rings. The Labute approximate surface area is 113 Å². The van der Waals surface area contributed by atoms with Gasteiger partial charge in [0.05, 0.1) is 6.04 Å². The number of pyridine rings is 1. The smallest absolute Gasteiger partial charge is 0.318 e. The van der Waals surface area contributed by atoms with Gasteiger partial charge < -0.3 is 15.5 Å². The average molecular weight is 260 g/mol. The number of urea groups is 1. The summed E-state index contributed by atoms with van der Waals surface area (Å²) in [6.45, 7) is 3.81. The number of nitrogens with zero attached hydrogens (tertiary/aromatic N) is 2. The topological polar surface area (TPSA) is 57.3 Å². The fourth-order valence-corrected chi connectivity index (χ4v) is 2.91. The SMILES string of the molecule is O=C1NC(c2ccncc2)CN1CC1CCNCC1. The molecule has 2 saturated heterocycles. The first kappa shape index (κ1) is 12.4. The van der Waals surface area contributed by atoms with E-state index in [2.05, 4.69) is 15.6 Å². The highest BCUT2D eigenvalue weighted by Gasteiger charge is 2.31. The summed E-state index contributed by atoms with van der Waals surface area (Å²) in [5.74, 6) is 0.642. The number of hydrogen-bond acceptors (Lipinski definition) is 3. The minimum absolute atomic E-state index is 0.0698. The summed E-state index contributed by atoms with van der Waals surface area (Å²) in [5, 5.41) is 6.41. The van der Waals surface area contributed by atoms with Crippen LogP contribution in [0.4, 0.5) is 4.79 Å². The Morgan fingerprint density at radius 3 is 2.74 bits per heavy atom. The first-order valence-corrected chi connectivity index (χ1v) is 6.99. The molecule has 1 unspecified atom stereocenters. The maximum Gasteiger partial charge on any atom is 0.318 e. The van der Waals surface area contributed by atoms with Crippen LogP contribution in [0.3, 0.4) is 0 Å². The lowest BCUT2D eigenvalue weighted by atomic mass is 9.97. The van der Waals surface area contributed by atoms with Gasteiger partial charge in [-0.15, -0.1) is 0 Å². The summed E-state index contributed by atoms with van der Waals surface area (Å²) in [6.07, 6.45) is 5.89. The molecule has 3 heterocycles. The van der Waals surface area contributed by atoms with Crippen LogP contribution in [0.15, 0.2) is 24.5 Å². The van der Waals surface area contributed by atoms with Gasteiger partial charge in [0.2, 0.25) is 0 Å². The normalized spacial score (nSPS) is 24.5. The van der Waals surface area contributed by atoms with Crippen LogP contribution in [-0.2, 0) is 0 Å². The number of nitrogens with one attached hydrogen (secondary N) is 2. The second kappa shape index (κ2) is 5.57. The Bertz CT molecular complexity index is 430. The fraction of sp³-hybridized carbons (Fsp3) is 0.571. The van der Waals surface area contributed by atoms with E-state index in [1.807, 2.05) is 17.0 Å². The highest BCUT2D eigenvalue weighted by atomic mass is 16.2. The van der Waals surface area contributed by atoms with Crippen LogP contribution >= 0.6 is 0 Å². The van der Waals surface area contributed by atoms with Crippen molar-refractivity contribution in [1.29, 1.82) is 0 Å². The lowest BCUT2D eigenvalue weighted by Crippen LogP contribution is -2.37. The van der Waals surface area contributed by atoms with E-state index in [4.69, 9.17) is 0 Å². The molecule has 5 nitrogen and oxygen atoms in total. The number of carbonyl (C=O) groups is 1. The predicted molar refractivity (Wildman–Crippen MR) is 72.7 cm³/mol. The zero-order valence-electron chi connectivity index (χ0n) is 11.0. The van der Waals surface area contributed by atoms with Gasteiger partial charge in [0.15, 0.2) is 0 Å². The van der Waals surface area contributed by atoms with Gasteiger partial charge >= 0.3 is 6.03 Å². The summed E-state index contributed by atoms with van der Waals surface area (Å²) in [5.41, 5.74) is 1.14. The number of amides is 2. The number of piperidine rings is 1. The van der Waals surface area contributed by atoms with Crippen molar-refractivity contribution in [2.75, 3.05) is 26.2 Å². The van der Waals surface area contributed by atoms with Gasteiger partial charge in [-0.25, -0.2) is 4.79 Å². The largest absolute Gasteiger partial charge is 0.329 e. The first-order chi connectivity index (χ1) is 9.33. The molecule has 2 aliphatic rings. The van der Waals surface area contributed by atoms with Crippen LogP contribution in [0.5, 0.6) is 0 Å². The average Bonchev–Trinajstić information content (AvgIpc) is 2.82. The van der Waals surface area contributed by atoms with Crippen LogP contribution in [-0.4, -0.2) is 42.1 Å². The second-order valence-corrected chi connectivity index (χ2v) is 5.38. The molecule has 19 heavy (non-hydrogen) atoms. The number of carbonyl (C=O) groups excluding carboxylic acids is 1. The van der Waals surface area contributed by atoms with Crippen molar-refractivity contribution in [3.05, 3.63) is 30.1 Å². The standard InChI is InChI=1S/C14H20N4O/c19-14-17-13(12-3-7-16-8-4-12)10-18(14)9-11-1-5-15-6-2-11/h3-4,7-8,11,13,15H,1-2,5-6,9-10H2,(H,17,19). The van der Waals surface area contributed by atoms with Crippen molar-refractivity contribution in [1.82, 2.24) is 20.5 Å². The highest BCUT2D eigenvalue weighted by molar-refractivity contribution is 5.77. The molecule has 0 aliphatic carbocycles. The Balaban J connectivity index is 1.60. The third kappa shape index (κ3) is 2.87. The summed E-state index contributed by atoms with van der Waals surface area (Å²) in [6, 6.07) is 4.12. The molecular weight excluding hydrogens is 240 g/mol. The third-order valence-electron chi connectivity index (χ3n) is 4.03. The molecule has 1 atom stereocenters. The minimum Gasteiger partial charge on any atom is -0.329 e. The Morgan fingerprint density at radius 2 is 2.00 bits per heavy atom. The minimum atomic E-state index is 0.0698. The molecular formula is C14H20N4O. The van der Waals surface area contributed by atoms with Gasteiger partial charge in [0.25, 0.3) is 0 Å². The molecule has 2 N–H and O–H groups in total. The highest BCUT2D eigenvalue weighted by Crippen LogP contribution is 2.22. The van der Waals surface area contributed by atoms with E-state index in [1.165, 1.54) is 12.8 Å². The van der Waals surface area contributed by atoms with Crippen molar-refractivity contribution in [3.63, 3.8) is 0 Å². The van der Waals surface area contributed by atoms with Gasteiger partial charge in [-0.3, -0.25) is 4.98 Å². The monoisotopic (exact) mass is 260 g/mol. The zero-order valence-corrected chi connectivity index (χ0v) is 11.0. The van der Waals surface area contributed by atoms with E-state index >= 15 is 0 Å². The fourth-order valence-electron chi connectivity index (χ4n) is 2.91. The van der Waals surface area contributed by atoms with Crippen LogP contribution in [0, 0.1) is 5.92 Å². The first-order valence-electron chi connectivity index (χ1n) is 6.99. The van der Waals surface area contributed by atoms with Gasteiger partial charge in [-0.2, -0.15) is 0 Å². The molecule has 0 spiro atoms. The molecule has 1 aromatic heterocycles. The van der Waals surface area contributed by atoms with Gasteiger partial charge in [0.1, 0.15) is 0 Å². The summed E-state index contributed by atoms with van der Waals surface area (Å²) in [4.78, 5) is 18.0. The number of rotatable bonds is 3. The molecule has 3 rings (SSSR count). The molecule has 5 heteroatoms. The molecule has 0 radical (unpaired) electrons. The summed E-state index contributed by atoms with van der Waals surface area (Å²) < 4.78 is 0. The van der Waals surface area contributed by atoms with E-state index in [0.717, 1.165) is 31.7 Å². The zero-order chi connectivity index (χ0) is 13.1. The van der Waals surface area contributed by atoms with Crippen molar-refractivity contribution < 1.29 is 4.79 Å². The maximum absolute atomic E-state index is 12.0. The molecule has 0 aromatic carbocycles. The van der Waals surface area contributed by atoms with Gasteiger partial charge in [0, 0.05) is 25.5 Å². The molecule has 102 valence electrons. The van der Waals surface area contributed by atoms with E-state index < -0.39 is 0 Å². The molecule has 2 aliphatic heterocycles. The molecule has 1 aromatic rings. The quantitative estimate of drug-likeness (QED) is 0.857. The number of aromatic nitrogens is 1. The van der Waals surface area contributed by atoms with Crippen molar-refractivity contribution in [2.45, 2.75) is 18.9 Å². The summed E-state index contributed by atoms with van der Waals surface area (Å²) >= 11 is 0. The maximum atomic E-state index is 12.0. The van der Waals surface area contributed by atoms with E-state index in [0.29, 0.717) is 5.92 Å². The van der Waals surface area contributed by atoms with Crippen molar-refractivity contribution in [3.8, 4) is 0 Å².